The van der Waals surface area contributed by atoms with E-state index >= 15 is 0 Å². The fourth-order valence-corrected chi connectivity index (χ4v) is 3.47. The van der Waals surface area contributed by atoms with Crippen LogP contribution in [-0.4, -0.2) is 32.4 Å². The lowest BCUT2D eigenvalue weighted by molar-refractivity contribution is -0.00140. The fourth-order valence-electron chi connectivity index (χ4n) is 3.30. The average Bonchev–Trinajstić information content (AvgIpc) is 3.04. The van der Waals surface area contributed by atoms with Gasteiger partial charge in [-0.05, 0) is 37.9 Å². The topological polar surface area (TPSA) is 30.5 Å². The van der Waals surface area contributed by atoms with Crippen LogP contribution in [0, 0.1) is 17.7 Å². The highest BCUT2D eigenvalue weighted by Crippen LogP contribution is 2.34. The molecule has 2 saturated heterocycles. The van der Waals surface area contributed by atoms with Gasteiger partial charge in [0, 0.05) is 31.6 Å². The molecular weight excluding hydrogens is 293 g/mol. The molecule has 2 aliphatic heterocycles. The lowest BCUT2D eigenvalue weighted by Gasteiger charge is -2.34. The van der Waals surface area contributed by atoms with E-state index in [0.717, 1.165) is 45.6 Å². The quantitative estimate of drug-likeness (QED) is 0.925. The lowest BCUT2D eigenvalue weighted by Crippen LogP contribution is -2.39. The third-order valence-corrected chi connectivity index (χ3v) is 4.84. The molecule has 3 nitrogen and oxygen atoms in total. The molecule has 0 bridgehead atoms. The van der Waals surface area contributed by atoms with E-state index in [1.54, 1.807) is 12.1 Å². The van der Waals surface area contributed by atoms with Crippen LogP contribution in [0.4, 0.5) is 4.39 Å². The van der Waals surface area contributed by atoms with Crippen molar-refractivity contribution in [2.75, 3.05) is 26.3 Å². The van der Waals surface area contributed by atoms with Crippen LogP contribution < -0.4 is 10.1 Å². The van der Waals surface area contributed by atoms with Gasteiger partial charge < -0.3 is 14.8 Å². The second-order valence-electron chi connectivity index (χ2n) is 5.84. The summed E-state index contributed by atoms with van der Waals surface area (Å²) in [5.74, 6) is 0.930. The van der Waals surface area contributed by atoms with Crippen molar-refractivity contribution in [2.24, 2.45) is 11.8 Å². The van der Waals surface area contributed by atoms with E-state index in [4.69, 9.17) is 21.1 Å². The van der Waals surface area contributed by atoms with E-state index in [-0.39, 0.29) is 11.1 Å². The highest BCUT2D eigenvalue weighted by Gasteiger charge is 2.34. The largest absolute Gasteiger partial charge is 0.488 e. The Hall–Kier alpha value is -0.840. The molecule has 2 fully saturated rings. The van der Waals surface area contributed by atoms with Crippen LogP contribution in [0.15, 0.2) is 18.2 Å². The maximum absolute atomic E-state index is 13.6. The van der Waals surface area contributed by atoms with Gasteiger partial charge >= 0.3 is 0 Å². The van der Waals surface area contributed by atoms with Crippen molar-refractivity contribution in [2.45, 2.75) is 25.4 Å². The monoisotopic (exact) mass is 313 g/mol. The first-order chi connectivity index (χ1) is 10.3. The Morgan fingerprint density at radius 2 is 2.05 bits per heavy atom. The summed E-state index contributed by atoms with van der Waals surface area (Å²) in [4.78, 5) is 0. The summed E-state index contributed by atoms with van der Waals surface area (Å²) in [6.07, 6.45) is 3.15. The molecule has 0 aliphatic carbocycles. The minimum atomic E-state index is -0.426. The number of rotatable bonds is 4. The van der Waals surface area contributed by atoms with Crippen LogP contribution in [0.5, 0.6) is 5.75 Å². The van der Waals surface area contributed by atoms with Gasteiger partial charge in [0.15, 0.2) is 0 Å². The molecule has 1 aromatic carbocycles. The Morgan fingerprint density at radius 3 is 2.76 bits per heavy atom. The van der Waals surface area contributed by atoms with Crippen molar-refractivity contribution in [3.05, 3.63) is 29.0 Å². The number of hydrogen-bond donors (Lipinski definition) is 1. The standard InChI is InChI=1S/C16H21ClFNO2/c17-15-13(18)2-1-3-14(15)21-16(12-4-7-19-10-12)11-5-8-20-9-6-11/h1-3,11-12,16,19H,4-10H2. The molecule has 0 amide bonds. The zero-order valence-corrected chi connectivity index (χ0v) is 12.7. The molecular formula is C16H21ClFNO2. The summed E-state index contributed by atoms with van der Waals surface area (Å²) in [5.41, 5.74) is 0. The molecule has 3 rings (SSSR count). The average molecular weight is 314 g/mol. The molecule has 2 heterocycles. The predicted molar refractivity (Wildman–Crippen MR) is 80.3 cm³/mol. The van der Waals surface area contributed by atoms with Gasteiger partial charge in [-0.25, -0.2) is 4.39 Å². The highest BCUT2D eigenvalue weighted by atomic mass is 35.5. The van der Waals surface area contributed by atoms with Gasteiger partial charge in [0.1, 0.15) is 22.7 Å². The van der Waals surface area contributed by atoms with Crippen molar-refractivity contribution in [3.8, 4) is 5.75 Å². The summed E-state index contributed by atoms with van der Waals surface area (Å²) in [7, 11) is 0. The highest BCUT2D eigenvalue weighted by molar-refractivity contribution is 6.32. The molecule has 2 unspecified atom stereocenters. The van der Waals surface area contributed by atoms with Gasteiger partial charge in [-0.3, -0.25) is 0 Å². The molecule has 5 heteroatoms. The van der Waals surface area contributed by atoms with Crippen molar-refractivity contribution in [1.29, 1.82) is 0 Å². The Labute approximate surface area is 129 Å². The first-order valence-corrected chi connectivity index (χ1v) is 8.02. The molecule has 1 N–H and O–H groups in total. The summed E-state index contributed by atoms with van der Waals surface area (Å²) >= 11 is 6.04. The van der Waals surface area contributed by atoms with Crippen molar-refractivity contribution < 1.29 is 13.9 Å². The van der Waals surface area contributed by atoms with E-state index < -0.39 is 5.82 Å². The maximum Gasteiger partial charge on any atom is 0.145 e. The van der Waals surface area contributed by atoms with Crippen molar-refractivity contribution in [1.82, 2.24) is 5.32 Å². The summed E-state index contributed by atoms with van der Waals surface area (Å²) in [5, 5.41) is 3.47. The van der Waals surface area contributed by atoms with Gasteiger partial charge in [-0.2, -0.15) is 0 Å². The lowest BCUT2D eigenvalue weighted by atomic mass is 9.85. The van der Waals surface area contributed by atoms with Crippen LogP contribution in [0.1, 0.15) is 19.3 Å². The summed E-state index contributed by atoms with van der Waals surface area (Å²) < 4.78 is 25.2. The molecule has 21 heavy (non-hydrogen) atoms. The smallest absolute Gasteiger partial charge is 0.145 e. The van der Waals surface area contributed by atoms with E-state index in [1.807, 2.05) is 0 Å². The Morgan fingerprint density at radius 1 is 1.24 bits per heavy atom. The second-order valence-corrected chi connectivity index (χ2v) is 6.22. The number of nitrogens with one attached hydrogen (secondary N) is 1. The van der Waals surface area contributed by atoms with Crippen LogP contribution in [-0.2, 0) is 4.74 Å². The summed E-state index contributed by atoms with van der Waals surface area (Å²) in [6, 6.07) is 4.75. The SMILES string of the molecule is Fc1cccc(OC(C2CCOCC2)C2CCNC2)c1Cl. The van der Waals surface area contributed by atoms with Crippen molar-refractivity contribution >= 4 is 11.6 Å². The van der Waals surface area contributed by atoms with Crippen LogP contribution in [0.2, 0.25) is 5.02 Å². The number of benzene rings is 1. The van der Waals surface area contributed by atoms with Crippen LogP contribution in [0.3, 0.4) is 0 Å². The first kappa shape index (κ1) is 15.1. The van der Waals surface area contributed by atoms with Gasteiger partial charge in [0.05, 0.1) is 0 Å². The third kappa shape index (κ3) is 3.50. The summed E-state index contributed by atoms with van der Waals surface area (Å²) in [6.45, 7) is 3.53. The molecule has 0 spiro atoms. The minimum Gasteiger partial charge on any atom is -0.488 e. The van der Waals surface area contributed by atoms with Gasteiger partial charge in [-0.15, -0.1) is 0 Å². The molecule has 116 valence electrons. The molecule has 2 aliphatic rings. The molecule has 0 radical (unpaired) electrons. The van der Waals surface area contributed by atoms with Crippen LogP contribution >= 0.6 is 11.6 Å². The van der Waals surface area contributed by atoms with Crippen LogP contribution in [0.25, 0.3) is 0 Å². The Kier molecular flexibility index (Phi) is 4.99. The Bertz CT molecular complexity index is 473. The van der Waals surface area contributed by atoms with E-state index in [1.165, 1.54) is 6.07 Å². The predicted octanol–water partition coefficient (Wildman–Crippen LogP) is 3.26. The molecule has 2 atom stereocenters. The third-order valence-electron chi connectivity index (χ3n) is 4.47. The number of hydrogen-bond acceptors (Lipinski definition) is 3. The van der Waals surface area contributed by atoms with Gasteiger partial charge in [0.25, 0.3) is 0 Å². The molecule has 0 aromatic heterocycles. The second kappa shape index (κ2) is 6.95. The normalized spacial score (nSPS) is 25.0. The van der Waals surface area contributed by atoms with E-state index in [2.05, 4.69) is 5.32 Å². The molecule has 1 aromatic rings. The first-order valence-electron chi connectivity index (χ1n) is 7.65. The fraction of sp³-hybridized carbons (Fsp3) is 0.625. The maximum atomic E-state index is 13.6. The van der Waals surface area contributed by atoms with E-state index in [9.17, 15) is 4.39 Å². The minimum absolute atomic E-state index is 0.0724. The zero-order chi connectivity index (χ0) is 14.7. The Balaban J connectivity index is 1.79. The zero-order valence-electron chi connectivity index (χ0n) is 12.0. The van der Waals surface area contributed by atoms with Gasteiger partial charge in [-0.1, -0.05) is 17.7 Å². The number of ether oxygens (including phenoxy) is 2. The van der Waals surface area contributed by atoms with Gasteiger partial charge in [0.2, 0.25) is 0 Å². The van der Waals surface area contributed by atoms with Crippen molar-refractivity contribution in [3.63, 3.8) is 0 Å². The molecule has 0 saturated carbocycles. The van der Waals surface area contributed by atoms with E-state index in [0.29, 0.717) is 17.6 Å². The number of halogens is 2.